The van der Waals surface area contributed by atoms with Crippen LogP contribution in [0.5, 0.6) is 5.75 Å². The number of halogens is 2. The van der Waals surface area contributed by atoms with E-state index in [0.29, 0.717) is 35.4 Å². The predicted molar refractivity (Wildman–Crippen MR) is 145 cm³/mol. The van der Waals surface area contributed by atoms with Crippen molar-refractivity contribution < 1.29 is 14.9 Å². The maximum atomic E-state index is 11.3. The first kappa shape index (κ1) is 26.7. The molecule has 2 N–H and O–H groups in total. The Labute approximate surface area is 223 Å². The van der Waals surface area contributed by atoms with Crippen molar-refractivity contribution in [2.45, 2.75) is 38.5 Å². The van der Waals surface area contributed by atoms with Crippen molar-refractivity contribution in [1.29, 1.82) is 0 Å². The molecule has 0 spiro atoms. The molecule has 3 aromatic rings. The second-order valence-electron chi connectivity index (χ2n) is 9.43. The molecule has 6 nitrogen and oxygen atoms in total. The SMILES string of the molecule is CCCOc1ccc(N2CCN(C[C@@](C)(O)c3ccc(CO)nc3)C[C@H]2c2ccc(Cl)cc2)c(Cl)c1. The van der Waals surface area contributed by atoms with Gasteiger partial charge in [-0.25, -0.2) is 0 Å². The third-order valence-corrected chi connectivity index (χ3v) is 7.12. The average Bonchev–Trinajstić information content (AvgIpc) is 2.88. The maximum Gasteiger partial charge on any atom is 0.120 e. The lowest BCUT2D eigenvalue weighted by Gasteiger charge is -2.45. The first-order chi connectivity index (χ1) is 17.3. The van der Waals surface area contributed by atoms with E-state index in [4.69, 9.17) is 27.9 Å². The number of pyridine rings is 1. The Morgan fingerprint density at radius 2 is 1.86 bits per heavy atom. The van der Waals surface area contributed by atoms with Gasteiger partial charge >= 0.3 is 0 Å². The van der Waals surface area contributed by atoms with Gasteiger partial charge in [-0.2, -0.15) is 0 Å². The zero-order chi connectivity index (χ0) is 25.7. The largest absolute Gasteiger partial charge is 0.494 e. The summed E-state index contributed by atoms with van der Waals surface area (Å²) < 4.78 is 5.76. The summed E-state index contributed by atoms with van der Waals surface area (Å²) >= 11 is 12.9. The second-order valence-corrected chi connectivity index (χ2v) is 10.3. The van der Waals surface area contributed by atoms with Crippen LogP contribution in [-0.2, 0) is 12.2 Å². The Bertz CT molecular complexity index is 1140. The van der Waals surface area contributed by atoms with Crippen LogP contribution >= 0.6 is 23.2 Å². The molecule has 0 radical (unpaired) electrons. The number of benzene rings is 2. The quantitative estimate of drug-likeness (QED) is 0.384. The molecule has 4 rings (SSSR count). The number of hydrogen-bond donors (Lipinski definition) is 2. The number of aliphatic hydroxyl groups excluding tert-OH is 1. The molecule has 192 valence electrons. The highest BCUT2D eigenvalue weighted by atomic mass is 35.5. The average molecular weight is 530 g/mol. The fourth-order valence-corrected chi connectivity index (χ4v) is 5.04. The van der Waals surface area contributed by atoms with Crippen molar-refractivity contribution in [2.24, 2.45) is 0 Å². The maximum absolute atomic E-state index is 11.3. The van der Waals surface area contributed by atoms with Gasteiger partial charge in [0.05, 0.1) is 35.7 Å². The molecule has 1 aliphatic rings. The van der Waals surface area contributed by atoms with Crippen LogP contribution in [0.2, 0.25) is 10.0 Å². The van der Waals surface area contributed by atoms with Gasteiger partial charge in [0, 0.05) is 49.0 Å². The third kappa shape index (κ3) is 6.31. The number of β-amino-alcohol motifs (C(OH)–C–C–N with tert-alkyl or cyclic N) is 1. The lowest BCUT2D eigenvalue weighted by Crippen LogP contribution is -2.52. The Hall–Kier alpha value is -2.35. The fraction of sp³-hybridized carbons (Fsp3) is 0.393. The van der Waals surface area contributed by atoms with Crippen molar-refractivity contribution in [3.63, 3.8) is 0 Å². The summed E-state index contributed by atoms with van der Waals surface area (Å²) in [6.45, 7) is 7.05. The first-order valence-electron chi connectivity index (χ1n) is 12.3. The van der Waals surface area contributed by atoms with E-state index in [2.05, 4.69) is 21.7 Å². The Morgan fingerprint density at radius 3 is 2.50 bits per heavy atom. The molecular formula is C28H33Cl2N3O3. The first-order valence-corrected chi connectivity index (χ1v) is 13.0. The van der Waals surface area contributed by atoms with Crippen LogP contribution in [0.1, 0.15) is 43.1 Å². The minimum Gasteiger partial charge on any atom is -0.494 e. The van der Waals surface area contributed by atoms with Gasteiger partial charge in [0.15, 0.2) is 0 Å². The highest BCUT2D eigenvalue weighted by Crippen LogP contribution is 2.38. The zero-order valence-corrected chi connectivity index (χ0v) is 22.2. The second kappa shape index (κ2) is 11.8. The molecule has 8 heteroatoms. The lowest BCUT2D eigenvalue weighted by molar-refractivity contribution is 0.00997. The number of aromatic nitrogens is 1. The molecular weight excluding hydrogens is 497 g/mol. The minimum absolute atomic E-state index is 0.0154. The van der Waals surface area contributed by atoms with Gasteiger partial charge in [0.25, 0.3) is 0 Å². The molecule has 1 aliphatic heterocycles. The topological polar surface area (TPSA) is 69.1 Å². The van der Waals surface area contributed by atoms with Crippen LogP contribution in [0, 0.1) is 0 Å². The predicted octanol–water partition coefficient (Wildman–Crippen LogP) is 5.44. The van der Waals surface area contributed by atoms with Crippen LogP contribution in [-0.4, -0.2) is 52.9 Å². The lowest BCUT2D eigenvalue weighted by atomic mass is 9.95. The third-order valence-electron chi connectivity index (χ3n) is 6.56. The molecule has 0 unspecified atom stereocenters. The minimum atomic E-state index is -1.09. The van der Waals surface area contributed by atoms with Crippen LogP contribution in [0.15, 0.2) is 60.8 Å². The van der Waals surface area contributed by atoms with E-state index in [9.17, 15) is 10.2 Å². The molecule has 0 bridgehead atoms. The van der Waals surface area contributed by atoms with Gasteiger partial charge in [-0.05, 0) is 49.2 Å². The number of rotatable bonds is 9. The van der Waals surface area contributed by atoms with Gasteiger partial charge in [-0.3, -0.25) is 9.88 Å². The van der Waals surface area contributed by atoms with E-state index in [1.165, 1.54) is 0 Å². The molecule has 1 fully saturated rings. The molecule has 2 atom stereocenters. The van der Waals surface area contributed by atoms with Gasteiger partial charge < -0.3 is 19.8 Å². The standard InChI is InChI=1S/C28H33Cl2N3O3/c1-3-14-36-24-10-11-26(25(30)15-24)33-13-12-32(17-27(33)20-4-7-22(29)8-5-20)19-28(2,35)21-6-9-23(18-34)31-16-21/h4-11,15-16,27,34-35H,3,12-14,17-19H2,1-2H3/t27-,28+/m0/s1. The zero-order valence-electron chi connectivity index (χ0n) is 20.7. The van der Waals surface area contributed by atoms with Crippen molar-refractivity contribution in [3.05, 3.63) is 87.7 Å². The van der Waals surface area contributed by atoms with Crippen molar-refractivity contribution in [1.82, 2.24) is 9.88 Å². The van der Waals surface area contributed by atoms with Crippen molar-refractivity contribution in [2.75, 3.05) is 37.7 Å². The van der Waals surface area contributed by atoms with E-state index in [1.807, 2.05) is 48.5 Å². The molecule has 2 aromatic carbocycles. The molecule has 1 saturated heterocycles. The number of hydrogen-bond acceptors (Lipinski definition) is 6. The van der Waals surface area contributed by atoms with E-state index in [1.54, 1.807) is 19.2 Å². The van der Waals surface area contributed by atoms with E-state index in [-0.39, 0.29) is 12.6 Å². The highest BCUT2D eigenvalue weighted by Gasteiger charge is 2.34. The van der Waals surface area contributed by atoms with Gasteiger partial charge in [0.1, 0.15) is 11.4 Å². The normalized spacial score (nSPS) is 18.2. The van der Waals surface area contributed by atoms with Crippen LogP contribution < -0.4 is 9.64 Å². The summed E-state index contributed by atoms with van der Waals surface area (Å²) in [4.78, 5) is 8.82. The molecule has 2 heterocycles. The van der Waals surface area contributed by atoms with E-state index < -0.39 is 5.60 Å². The Morgan fingerprint density at radius 1 is 1.08 bits per heavy atom. The number of anilines is 1. The summed E-state index contributed by atoms with van der Waals surface area (Å²) in [6, 6.07) is 17.4. The molecule has 0 saturated carbocycles. The highest BCUT2D eigenvalue weighted by molar-refractivity contribution is 6.33. The van der Waals surface area contributed by atoms with Crippen LogP contribution in [0.25, 0.3) is 0 Å². The van der Waals surface area contributed by atoms with Gasteiger partial charge in [0.2, 0.25) is 0 Å². The summed E-state index contributed by atoms with van der Waals surface area (Å²) in [7, 11) is 0. The van der Waals surface area contributed by atoms with E-state index >= 15 is 0 Å². The van der Waals surface area contributed by atoms with Crippen LogP contribution in [0.4, 0.5) is 5.69 Å². The summed E-state index contributed by atoms with van der Waals surface area (Å²) in [6.07, 6.45) is 2.58. The monoisotopic (exact) mass is 529 g/mol. The molecule has 1 aromatic heterocycles. The molecule has 36 heavy (non-hydrogen) atoms. The van der Waals surface area contributed by atoms with Gasteiger partial charge in [-0.15, -0.1) is 0 Å². The summed E-state index contributed by atoms with van der Waals surface area (Å²) in [5.41, 5.74) is 2.28. The Kier molecular flexibility index (Phi) is 8.75. The van der Waals surface area contributed by atoms with Crippen molar-refractivity contribution in [3.8, 4) is 5.75 Å². The summed E-state index contributed by atoms with van der Waals surface area (Å²) in [5.74, 6) is 0.768. The van der Waals surface area contributed by atoms with Gasteiger partial charge in [-0.1, -0.05) is 48.3 Å². The molecule has 0 amide bonds. The number of ether oxygens (including phenoxy) is 1. The van der Waals surface area contributed by atoms with Crippen LogP contribution in [0.3, 0.4) is 0 Å². The summed E-state index contributed by atoms with van der Waals surface area (Å²) in [5, 5.41) is 21.9. The number of nitrogens with zero attached hydrogens (tertiary/aromatic N) is 3. The molecule has 0 aliphatic carbocycles. The Balaban J connectivity index is 1.57. The fourth-order valence-electron chi connectivity index (χ4n) is 4.64. The smallest absolute Gasteiger partial charge is 0.120 e. The van der Waals surface area contributed by atoms with E-state index in [0.717, 1.165) is 42.1 Å². The number of aliphatic hydroxyl groups is 2. The number of piperazine rings is 1. The van der Waals surface area contributed by atoms with Crippen molar-refractivity contribution >= 4 is 28.9 Å².